The minimum Gasteiger partial charge on any atom is -0.352 e. The molecule has 5 nitrogen and oxygen atoms in total. The third-order valence-corrected chi connectivity index (χ3v) is 7.54. The first-order valence-corrected chi connectivity index (χ1v) is 12.5. The van der Waals surface area contributed by atoms with Gasteiger partial charge in [0.2, 0.25) is 0 Å². The Morgan fingerprint density at radius 1 is 0.939 bits per heavy atom. The largest absolute Gasteiger partial charge is 0.352 e. The van der Waals surface area contributed by atoms with Crippen molar-refractivity contribution in [2.24, 2.45) is 0 Å². The fourth-order valence-corrected chi connectivity index (χ4v) is 5.13. The Kier molecular flexibility index (Phi) is 6.38. The highest BCUT2D eigenvalue weighted by Crippen LogP contribution is 2.24. The van der Waals surface area contributed by atoms with E-state index < -0.39 is 10.0 Å². The van der Waals surface area contributed by atoms with Crippen LogP contribution in [-0.4, -0.2) is 24.8 Å². The van der Waals surface area contributed by atoms with Crippen LogP contribution in [-0.2, 0) is 16.4 Å². The molecule has 6 heteroatoms. The zero-order valence-electron chi connectivity index (χ0n) is 19.1. The lowest BCUT2D eigenvalue weighted by molar-refractivity contribution is 0.0954. The van der Waals surface area contributed by atoms with Crippen LogP contribution >= 0.6 is 0 Å². The molecular formula is C27H28N2O3S. The normalized spacial score (nSPS) is 11.8. The molecule has 0 radical (unpaired) electrons. The number of nitrogens with zero attached hydrogens (tertiary/aromatic N) is 1. The molecule has 1 heterocycles. The summed E-state index contributed by atoms with van der Waals surface area (Å²) in [6.07, 6.45) is 2.19. The first-order chi connectivity index (χ1) is 15.8. The molecule has 0 aliphatic carbocycles. The molecule has 3 aromatic carbocycles. The highest BCUT2D eigenvalue weighted by Gasteiger charge is 2.19. The van der Waals surface area contributed by atoms with E-state index in [0.717, 1.165) is 16.5 Å². The molecule has 0 aliphatic rings. The lowest BCUT2D eigenvalue weighted by Gasteiger charge is -2.10. The Hall–Kier alpha value is -3.38. The molecule has 0 fully saturated rings. The molecule has 33 heavy (non-hydrogen) atoms. The molecule has 0 aliphatic heterocycles. The van der Waals surface area contributed by atoms with Crippen molar-refractivity contribution < 1.29 is 13.2 Å². The Balaban J connectivity index is 1.48. The maximum Gasteiger partial charge on any atom is 0.268 e. The summed E-state index contributed by atoms with van der Waals surface area (Å²) < 4.78 is 27.7. The van der Waals surface area contributed by atoms with Gasteiger partial charge < -0.3 is 5.32 Å². The van der Waals surface area contributed by atoms with Crippen LogP contribution in [0, 0.1) is 6.92 Å². The van der Waals surface area contributed by atoms with Crippen molar-refractivity contribution >= 4 is 26.8 Å². The van der Waals surface area contributed by atoms with E-state index in [1.807, 2.05) is 49.4 Å². The van der Waals surface area contributed by atoms with Gasteiger partial charge >= 0.3 is 0 Å². The molecule has 1 amide bonds. The van der Waals surface area contributed by atoms with E-state index in [-0.39, 0.29) is 10.8 Å². The fourth-order valence-electron chi connectivity index (χ4n) is 3.78. The van der Waals surface area contributed by atoms with Gasteiger partial charge in [0.1, 0.15) is 0 Å². The maximum atomic E-state index is 13.2. The van der Waals surface area contributed by atoms with Crippen molar-refractivity contribution in [3.8, 4) is 0 Å². The molecule has 0 bridgehead atoms. The zero-order chi connectivity index (χ0) is 23.6. The first-order valence-electron chi connectivity index (χ1n) is 11.1. The topological polar surface area (TPSA) is 68.2 Å². The van der Waals surface area contributed by atoms with Gasteiger partial charge in [-0.25, -0.2) is 12.4 Å². The summed E-state index contributed by atoms with van der Waals surface area (Å²) in [5, 5.41) is 3.80. The van der Waals surface area contributed by atoms with Crippen molar-refractivity contribution in [3.05, 3.63) is 101 Å². The van der Waals surface area contributed by atoms with Crippen molar-refractivity contribution in [3.63, 3.8) is 0 Å². The predicted octanol–water partition coefficient (Wildman–Crippen LogP) is 5.28. The number of carbonyl (C=O) groups excluding carboxylic acids is 1. The van der Waals surface area contributed by atoms with E-state index in [0.29, 0.717) is 30.0 Å². The Morgan fingerprint density at radius 3 is 2.30 bits per heavy atom. The summed E-state index contributed by atoms with van der Waals surface area (Å²) in [7, 11) is -3.69. The Labute approximate surface area is 195 Å². The number of amides is 1. The second-order valence-corrected chi connectivity index (χ2v) is 10.4. The van der Waals surface area contributed by atoms with E-state index in [2.05, 4.69) is 19.2 Å². The van der Waals surface area contributed by atoms with Crippen LogP contribution in [0.3, 0.4) is 0 Å². The SMILES string of the molecule is Cc1ccc(S(=O)(=O)n2ccc3ccc(CCNC(=O)c4ccc(C(C)C)cc4)cc32)cc1. The van der Waals surface area contributed by atoms with E-state index in [4.69, 9.17) is 0 Å². The quantitative estimate of drug-likeness (QED) is 0.408. The van der Waals surface area contributed by atoms with Crippen molar-refractivity contribution in [1.82, 2.24) is 9.29 Å². The standard InChI is InChI=1S/C27H28N2O3S/c1-19(2)22-8-10-24(11-9-22)27(30)28-16-14-21-6-7-23-15-17-29(26(23)18-21)33(31,32)25-12-4-20(3)5-13-25/h4-13,15,17-19H,14,16H2,1-3H3,(H,28,30). The summed E-state index contributed by atoms with van der Waals surface area (Å²) in [5.41, 5.74) is 4.42. The average Bonchev–Trinajstić information content (AvgIpc) is 3.23. The van der Waals surface area contributed by atoms with Gasteiger partial charge in [-0.2, -0.15) is 0 Å². The monoisotopic (exact) mass is 460 g/mol. The Morgan fingerprint density at radius 2 is 1.64 bits per heavy atom. The van der Waals surface area contributed by atoms with E-state index in [9.17, 15) is 13.2 Å². The van der Waals surface area contributed by atoms with Crippen LogP contribution in [0.2, 0.25) is 0 Å². The number of fused-ring (bicyclic) bond motifs is 1. The molecule has 0 saturated carbocycles. The lowest BCUT2D eigenvalue weighted by atomic mass is 10.0. The second kappa shape index (κ2) is 9.24. The minimum absolute atomic E-state index is 0.114. The van der Waals surface area contributed by atoms with Gasteiger partial charge in [0.25, 0.3) is 15.9 Å². The molecule has 1 aromatic heterocycles. The van der Waals surface area contributed by atoms with E-state index in [1.165, 1.54) is 9.54 Å². The Bertz CT molecular complexity index is 1380. The summed E-state index contributed by atoms with van der Waals surface area (Å²) in [5.74, 6) is 0.308. The number of benzene rings is 3. The highest BCUT2D eigenvalue weighted by atomic mass is 32.2. The van der Waals surface area contributed by atoms with Gasteiger partial charge in [0.05, 0.1) is 10.4 Å². The summed E-state index contributed by atoms with van der Waals surface area (Å²) in [6.45, 7) is 6.62. The van der Waals surface area contributed by atoms with Gasteiger partial charge in [0, 0.05) is 23.7 Å². The minimum atomic E-state index is -3.69. The zero-order valence-corrected chi connectivity index (χ0v) is 19.9. The molecule has 0 atom stereocenters. The van der Waals surface area contributed by atoms with Crippen molar-refractivity contribution in [1.29, 1.82) is 0 Å². The summed E-state index contributed by atoms with van der Waals surface area (Å²) >= 11 is 0. The first kappa shape index (κ1) is 22.8. The van der Waals surface area contributed by atoms with Crippen LogP contribution < -0.4 is 5.32 Å². The molecule has 170 valence electrons. The second-order valence-electron chi connectivity index (χ2n) is 8.61. The molecule has 1 N–H and O–H groups in total. The third-order valence-electron chi connectivity index (χ3n) is 5.84. The number of aromatic nitrogens is 1. The summed E-state index contributed by atoms with van der Waals surface area (Å²) in [6, 6.07) is 22.1. The smallest absolute Gasteiger partial charge is 0.268 e. The van der Waals surface area contributed by atoms with Gasteiger partial charge in [-0.05, 0) is 66.8 Å². The number of aryl methyl sites for hydroxylation is 1. The molecule has 0 spiro atoms. The molecular weight excluding hydrogens is 432 g/mol. The van der Waals surface area contributed by atoms with Crippen LogP contribution in [0.25, 0.3) is 10.9 Å². The van der Waals surface area contributed by atoms with Gasteiger partial charge in [-0.3, -0.25) is 4.79 Å². The maximum absolute atomic E-state index is 13.2. The number of carbonyl (C=O) groups is 1. The van der Waals surface area contributed by atoms with Crippen molar-refractivity contribution in [2.45, 2.75) is 38.0 Å². The van der Waals surface area contributed by atoms with Crippen molar-refractivity contribution in [2.75, 3.05) is 6.54 Å². The van der Waals surface area contributed by atoms with Gasteiger partial charge in [0.15, 0.2) is 0 Å². The molecule has 4 aromatic rings. The molecule has 0 unspecified atom stereocenters. The van der Waals surface area contributed by atoms with Gasteiger partial charge in [-0.15, -0.1) is 0 Å². The van der Waals surface area contributed by atoms with E-state index in [1.54, 1.807) is 36.5 Å². The van der Waals surface area contributed by atoms with Crippen LogP contribution in [0.4, 0.5) is 0 Å². The summed E-state index contributed by atoms with van der Waals surface area (Å²) in [4.78, 5) is 12.7. The van der Waals surface area contributed by atoms with Gasteiger partial charge in [-0.1, -0.05) is 55.8 Å². The average molecular weight is 461 g/mol. The number of hydrogen-bond acceptors (Lipinski definition) is 3. The highest BCUT2D eigenvalue weighted by molar-refractivity contribution is 7.90. The molecule has 0 saturated heterocycles. The molecule has 4 rings (SSSR count). The number of nitrogens with one attached hydrogen (secondary N) is 1. The van der Waals surface area contributed by atoms with E-state index >= 15 is 0 Å². The predicted molar refractivity (Wildman–Crippen MR) is 132 cm³/mol. The van der Waals surface area contributed by atoms with Crippen LogP contribution in [0.15, 0.2) is 83.9 Å². The third kappa shape index (κ3) is 4.86. The number of hydrogen-bond donors (Lipinski definition) is 1. The number of rotatable bonds is 7. The van der Waals surface area contributed by atoms with Crippen LogP contribution in [0.5, 0.6) is 0 Å². The lowest BCUT2D eigenvalue weighted by Crippen LogP contribution is -2.25. The van der Waals surface area contributed by atoms with Crippen LogP contribution in [0.1, 0.15) is 46.8 Å². The fraction of sp³-hybridized carbons (Fsp3) is 0.222.